The highest BCUT2D eigenvalue weighted by molar-refractivity contribution is 6.06. The predicted octanol–water partition coefficient (Wildman–Crippen LogP) is 3.88. The fraction of sp³-hybridized carbons (Fsp3) is 0.278. The zero-order chi connectivity index (χ0) is 16.3. The average molecular weight is 299 g/mol. The molecule has 116 valence electrons. The largest absolute Gasteiger partial charge is 0.493 e. The van der Waals surface area contributed by atoms with E-state index in [1.54, 1.807) is 26.4 Å². The number of rotatable bonds is 4. The first-order chi connectivity index (χ1) is 10.5. The zero-order valence-corrected chi connectivity index (χ0v) is 13.6. The van der Waals surface area contributed by atoms with Crippen molar-refractivity contribution in [3.8, 4) is 11.5 Å². The molecule has 0 heterocycles. The van der Waals surface area contributed by atoms with Gasteiger partial charge < -0.3 is 14.8 Å². The van der Waals surface area contributed by atoms with Crippen molar-refractivity contribution in [1.29, 1.82) is 0 Å². The molecule has 2 rings (SSSR count). The van der Waals surface area contributed by atoms with Crippen molar-refractivity contribution in [1.82, 2.24) is 0 Å². The molecule has 0 saturated heterocycles. The van der Waals surface area contributed by atoms with E-state index in [1.807, 2.05) is 39.0 Å². The summed E-state index contributed by atoms with van der Waals surface area (Å²) in [5.74, 6) is 0.999. The Kier molecular flexibility index (Phi) is 4.71. The van der Waals surface area contributed by atoms with Gasteiger partial charge in [-0.2, -0.15) is 0 Å². The molecule has 22 heavy (non-hydrogen) atoms. The summed E-state index contributed by atoms with van der Waals surface area (Å²) in [7, 11) is 3.13. The van der Waals surface area contributed by atoms with Gasteiger partial charge in [-0.1, -0.05) is 18.2 Å². The van der Waals surface area contributed by atoms with Crippen LogP contribution in [0.5, 0.6) is 11.5 Å². The van der Waals surface area contributed by atoms with Crippen LogP contribution < -0.4 is 14.8 Å². The van der Waals surface area contributed by atoms with Gasteiger partial charge in [-0.15, -0.1) is 0 Å². The molecule has 0 fully saturated rings. The molecule has 0 aliphatic carbocycles. The Labute approximate surface area is 131 Å². The lowest BCUT2D eigenvalue weighted by atomic mass is 10.1. The molecule has 0 spiro atoms. The normalized spacial score (nSPS) is 10.2. The van der Waals surface area contributed by atoms with Gasteiger partial charge >= 0.3 is 0 Å². The van der Waals surface area contributed by atoms with Crippen molar-refractivity contribution in [3.63, 3.8) is 0 Å². The highest BCUT2D eigenvalue weighted by Crippen LogP contribution is 2.31. The summed E-state index contributed by atoms with van der Waals surface area (Å²) in [6, 6.07) is 9.44. The quantitative estimate of drug-likeness (QED) is 0.932. The zero-order valence-electron chi connectivity index (χ0n) is 13.6. The number of carbonyl (C=O) groups excluding carboxylic acids is 1. The van der Waals surface area contributed by atoms with E-state index in [0.29, 0.717) is 17.1 Å². The van der Waals surface area contributed by atoms with Crippen LogP contribution in [0.1, 0.15) is 27.0 Å². The summed E-state index contributed by atoms with van der Waals surface area (Å²) >= 11 is 0. The Balaban J connectivity index is 2.38. The number of nitrogens with one attached hydrogen (secondary N) is 1. The number of anilines is 1. The maximum atomic E-state index is 12.6. The van der Waals surface area contributed by atoms with Crippen molar-refractivity contribution < 1.29 is 14.3 Å². The Bertz CT molecular complexity index is 687. The molecule has 2 aromatic carbocycles. The highest BCUT2D eigenvalue weighted by Gasteiger charge is 2.16. The van der Waals surface area contributed by atoms with Crippen LogP contribution >= 0.6 is 0 Å². The molecular weight excluding hydrogens is 278 g/mol. The van der Waals surface area contributed by atoms with E-state index in [2.05, 4.69) is 5.32 Å². The minimum absolute atomic E-state index is 0.157. The van der Waals surface area contributed by atoms with Crippen LogP contribution in [0.2, 0.25) is 0 Å². The number of hydrogen-bond acceptors (Lipinski definition) is 3. The second-order valence-corrected chi connectivity index (χ2v) is 5.24. The van der Waals surface area contributed by atoms with E-state index in [1.165, 1.54) is 0 Å². The molecule has 0 aliphatic rings. The standard InChI is InChI=1S/C18H21NO3/c1-11-7-6-8-12(2)17(11)19-18(20)14-10-16(22-5)15(21-4)9-13(14)3/h6-10H,1-5H3,(H,19,20). The monoisotopic (exact) mass is 299 g/mol. The van der Waals surface area contributed by atoms with E-state index >= 15 is 0 Å². The number of methoxy groups -OCH3 is 2. The van der Waals surface area contributed by atoms with Gasteiger partial charge in [0, 0.05) is 11.3 Å². The van der Waals surface area contributed by atoms with Crippen LogP contribution in [-0.4, -0.2) is 20.1 Å². The Morgan fingerprint density at radius 2 is 1.45 bits per heavy atom. The average Bonchev–Trinajstić information content (AvgIpc) is 2.50. The van der Waals surface area contributed by atoms with Gasteiger partial charge in [0.15, 0.2) is 11.5 Å². The summed E-state index contributed by atoms with van der Waals surface area (Å²) in [5, 5.41) is 2.99. The Morgan fingerprint density at radius 3 is 2.00 bits per heavy atom. The van der Waals surface area contributed by atoms with Crippen LogP contribution in [0.4, 0.5) is 5.69 Å². The minimum Gasteiger partial charge on any atom is -0.493 e. The molecule has 1 N–H and O–H groups in total. The van der Waals surface area contributed by atoms with Crippen LogP contribution in [0, 0.1) is 20.8 Å². The third kappa shape index (κ3) is 3.06. The summed E-state index contributed by atoms with van der Waals surface area (Å²) in [5.41, 5.74) is 4.32. The van der Waals surface area contributed by atoms with E-state index in [4.69, 9.17) is 9.47 Å². The van der Waals surface area contributed by atoms with Gasteiger partial charge in [0.2, 0.25) is 0 Å². The second-order valence-electron chi connectivity index (χ2n) is 5.24. The van der Waals surface area contributed by atoms with Crippen molar-refractivity contribution in [2.75, 3.05) is 19.5 Å². The van der Waals surface area contributed by atoms with Gasteiger partial charge in [0.05, 0.1) is 14.2 Å². The molecule has 4 heteroatoms. The van der Waals surface area contributed by atoms with Crippen LogP contribution in [0.15, 0.2) is 30.3 Å². The maximum Gasteiger partial charge on any atom is 0.256 e. The first kappa shape index (κ1) is 15.9. The summed E-state index contributed by atoms with van der Waals surface area (Å²) in [6.45, 7) is 5.83. The predicted molar refractivity (Wildman–Crippen MR) is 88.2 cm³/mol. The fourth-order valence-corrected chi connectivity index (χ4v) is 2.42. The Hall–Kier alpha value is -2.49. The van der Waals surface area contributed by atoms with Crippen LogP contribution in [0.3, 0.4) is 0 Å². The first-order valence-electron chi connectivity index (χ1n) is 7.08. The second kappa shape index (κ2) is 6.52. The van der Waals surface area contributed by atoms with Crippen molar-refractivity contribution in [2.45, 2.75) is 20.8 Å². The number of hydrogen-bond donors (Lipinski definition) is 1. The van der Waals surface area contributed by atoms with Crippen molar-refractivity contribution in [3.05, 3.63) is 52.6 Å². The SMILES string of the molecule is COc1cc(C)c(C(=O)Nc2c(C)cccc2C)cc1OC. The molecule has 0 radical (unpaired) electrons. The lowest BCUT2D eigenvalue weighted by Gasteiger charge is -2.15. The number of amides is 1. The molecule has 4 nitrogen and oxygen atoms in total. The molecular formula is C18H21NO3. The molecule has 0 unspecified atom stereocenters. The number of benzene rings is 2. The lowest BCUT2D eigenvalue weighted by Crippen LogP contribution is -2.15. The van der Waals surface area contributed by atoms with Gasteiger partial charge in [0.1, 0.15) is 0 Å². The third-order valence-electron chi connectivity index (χ3n) is 3.69. The summed E-state index contributed by atoms with van der Waals surface area (Å²) in [4.78, 5) is 12.6. The van der Waals surface area contributed by atoms with Gasteiger partial charge in [0.25, 0.3) is 5.91 Å². The summed E-state index contributed by atoms with van der Waals surface area (Å²) < 4.78 is 10.5. The molecule has 0 aliphatic heterocycles. The first-order valence-corrected chi connectivity index (χ1v) is 7.08. The van der Waals surface area contributed by atoms with Crippen molar-refractivity contribution >= 4 is 11.6 Å². The molecule has 0 aromatic heterocycles. The van der Waals surface area contributed by atoms with Gasteiger partial charge in [-0.05, 0) is 49.6 Å². The highest BCUT2D eigenvalue weighted by atomic mass is 16.5. The van der Waals surface area contributed by atoms with Crippen molar-refractivity contribution in [2.24, 2.45) is 0 Å². The van der Waals surface area contributed by atoms with E-state index in [0.717, 1.165) is 22.4 Å². The number of para-hydroxylation sites is 1. The summed E-state index contributed by atoms with van der Waals surface area (Å²) in [6.07, 6.45) is 0. The number of aryl methyl sites for hydroxylation is 3. The van der Waals surface area contributed by atoms with E-state index in [9.17, 15) is 4.79 Å². The van der Waals surface area contributed by atoms with Crippen LogP contribution in [0.25, 0.3) is 0 Å². The van der Waals surface area contributed by atoms with E-state index < -0.39 is 0 Å². The fourth-order valence-electron chi connectivity index (χ4n) is 2.42. The van der Waals surface area contributed by atoms with Gasteiger partial charge in [-0.25, -0.2) is 0 Å². The van der Waals surface area contributed by atoms with E-state index in [-0.39, 0.29) is 5.91 Å². The minimum atomic E-state index is -0.157. The lowest BCUT2D eigenvalue weighted by molar-refractivity contribution is 0.102. The maximum absolute atomic E-state index is 12.6. The molecule has 0 bridgehead atoms. The number of carbonyl (C=O) groups is 1. The molecule has 1 amide bonds. The third-order valence-corrected chi connectivity index (χ3v) is 3.69. The molecule has 0 saturated carbocycles. The molecule has 0 atom stereocenters. The Morgan fingerprint density at radius 1 is 0.909 bits per heavy atom. The smallest absolute Gasteiger partial charge is 0.256 e. The number of ether oxygens (including phenoxy) is 2. The van der Waals surface area contributed by atoms with Crippen LogP contribution in [-0.2, 0) is 0 Å². The molecule has 2 aromatic rings. The van der Waals surface area contributed by atoms with Gasteiger partial charge in [-0.3, -0.25) is 4.79 Å². The topological polar surface area (TPSA) is 47.6 Å².